The summed E-state index contributed by atoms with van der Waals surface area (Å²) in [4.78, 5) is 22.5. The van der Waals surface area contributed by atoms with Gasteiger partial charge in [0.25, 0.3) is 0 Å². The summed E-state index contributed by atoms with van der Waals surface area (Å²) in [5.41, 5.74) is 7.13. The lowest BCUT2D eigenvalue weighted by atomic mass is 10.0. The predicted molar refractivity (Wildman–Crippen MR) is 87.1 cm³/mol. The number of furan rings is 1. The number of nitrogens with two attached hydrogens (primary N) is 1. The smallest absolute Gasteiger partial charge is 0.323 e. The normalized spacial score (nSPS) is 12.7. The van der Waals surface area contributed by atoms with Gasteiger partial charge in [-0.3, -0.25) is 9.59 Å². The van der Waals surface area contributed by atoms with E-state index in [0.717, 1.165) is 11.1 Å². The predicted octanol–water partition coefficient (Wildman–Crippen LogP) is 2.97. The first kappa shape index (κ1) is 17.0. The van der Waals surface area contributed by atoms with Crippen molar-refractivity contribution in [1.29, 1.82) is 0 Å². The van der Waals surface area contributed by atoms with E-state index in [4.69, 9.17) is 14.9 Å². The van der Waals surface area contributed by atoms with Crippen molar-refractivity contribution in [2.45, 2.75) is 38.8 Å². The monoisotopic (exact) mass is 315 g/mol. The van der Waals surface area contributed by atoms with E-state index in [9.17, 15) is 9.59 Å². The molecule has 5 heteroatoms. The van der Waals surface area contributed by atoms with E-state index in [2.05, 4.69) is 0 Å². The Morgan fingerprint density at radius 1 is 1.22 bits per heavy atom. The number of hydrogen-bond donors (Lipinski definition) is 1. The maximum absolute atomic E-state index is 11.9. The molecule has 0 radical (unpaired) electrons. The van der Waals surface area contributed by atoms with E-state index in [0.29, 0.717) is 18.5 Å². The SMILES string of the molecule is CC(C)(C)OC(=O)C(N)Cc1ccc(-c2ccc(C=O)o2)cc1. The van der Waals surface area contributed by atoms with Crippen LogP contribution in [0.5, 0.6) is 0 Å². The van der Waals surface area contributed by atoms with Crippen LogP contribution < -0.4 is 5.73 Å². The summed E-state index contributed by atoms with van der Waals surface area (Å²) in [6.07, 6.45) is 1.06. The summed E-state index contributed by atoms with van der Waals surface area (Å²) in [6.45, 7) is 5.43. The molecular weight excluding hydrogens is 294 g/mol. The minimum atomic E-state index is -0.703. The van der Waals surface area contributed by atoms with E-state index < -0.39 is 17.6 Å². The quantitative estimate of drug-likeness (QED) is 0.677. The molecular formula is C18H21NO4. The number of esters is 1. The Labute approximate surface area is 135 Å². The zero-order valence-electron chi connectivity index (χ0n) is 13.5. The molecule has 0 spiro atoms. The molecule has 0 aliphatic rings. The van der Waals surface area contributed by atoms with Gasteiger partial charge in [-0.15, -0.1) is 0 Å². The van der Waals surface area contributed by atoms with Crippen LogP contribution in [0, 0.1) is 0 Å². The molecule has 1 aromatic carbocycles. The Balaban J connectivity index is 2.02. The molecule has 0 aliphatic heterocycles. The van der Waals surface area contributed by atoms with Gasteiger partial charge in [0.05, 0.1) is 0 Å². The molecule has 122 valence electrons. The number of carbonyl (C=O) groups excluding carboxylic acids is 2. The van der Waals surface area contributed by atoms with Crippen LogP contribution in [0.3, 0.4) is 0 Å². The van der Waals surface area contributed by atoms with Crippen LogP contribution in [-0.4, -0.2) is 23.9 Å². The molecule has 0 saturated carbocycles. The fourth-order valence-corrected chi connectivity index (χ4v) is 2.09. The molecule has 1 aromatic heterocycles. The lowest BCUT2D eigenvalue weighted by Gasteiger charge is -2.22. The molecule has 5 nitrogen and oxygen atoms in total. The minimum Gasteiger partial charge on any atom is -0.459 e. The molecule has 0 aliphatic carbocycles. The van der Waals surface area contributed by atoms with Crippen molar-refractivity contribution in [2.24, 2.45) is 5.73 Å². The van der Waals surface area contributed by atoms with Gasteiger partial charge < -0.3 is 14.9 Å². The summed E-state index contributed by atoms with van der Waals surface area (Å²) in [5.74, 6) is 0.495. The summed E-state index contributed by atoms with van der Waals surface area (Å²) in [5, 5.41) is 0. The maximum Gasteiger partial charge on any atom is 0.323 e. The summed E-state index contributed by atoms with van der Waals surface area (Å²) < 4.78 is 10.6. The molecule has 1 heterocycles. The van der Waals surface area contributed by atoms with Crippen LogP contribution >= 0.6 is 0 Å². The van der Waals surface area contributed by atoms with Gasteiger partial charge in [-0.2, -0.15) is 0 Å². The zero-order chi connectivity index (χ0) is 17.0. The molecule has 2 N–H and O–H groups in total. The van der Waals surface area contributed by atoms with Crippen molar-refractivity contribution < 1.29 is 18.7 Å². The fourth-order valence-electron chi connectivity index (χ4n) is 2.09. The first-order chi connectivity index (χ1) is 10.8. The third-order valence-electron chi connectivity index (χ3n) is 3.15. The molecule has 2 aromatic rings. The van der Waals surface area contributed by atoms with E-state index >= 15 is 0 Å². The summed E-state index contributed by atoms with van der Waals surface area (Å²) in [7, 11) is 0. The fraction of sp³-hybridized carbons (Fsp3) is 0.333. The van der Waals surface area contributed by atoms with Crippen LogP contribution in [-0.2, 0) is 16.0 Å². The molecule has 0 fully saturated rings. The van der Waals surface area contributed by atoms with Crippen LogP contribution in [0.1, 0.15) is 36.9 Å². The second kappa shape index (κ2) is 6.79. The summed E-state index contributed by atoms with van der Waals surface area (Å²) in [6, 6.07) is 10.1. The van der Waals surface area contributed by atoms with Crippen LogP contribution in [0.25, 0.3) is 11.3 Å². The van der Waals surface area contributed by atoms with E-state index in [1.165, 1.54) is 0 Å². The third kappa shape index (κ3) is 4.79. The van der Waals surface area contributed by atoms with E-state index in [1.807, 2.05) is 45.0 Å². The number of aldehydes is 1. The van der Waals surface area contributed by atoms with Gasteiger partial charge >= 0.3 is 5.97 Å². The Hall–Kier alpha value is -2.40. The van der Waals surface area contributed by atoms with Gasteiger partial charge in [-0.05, 0) is 44.9 Å². The van der Waals surface area contributed by atoms with Gasteiger partial charge in [0.2, 0.25) is 0 Å². The van der Waals surface area contributed by atoms with Gasteiger partial charge in [-0.25, -0.2) is 0 Å². The highest BCUT2D eigenvalue weighted by molar-refractivity contribution is 5.76. The topological polar surface area (TPSA) is 82.5 Å². The second-order valence-electron chi connectivity index (χ2n) is 6.36. The largest absolute Gasteiger partial charge is 0.459 e. The molecule has 23 heavy (non-hydrogen) atoms. The first-order valence-corrected chi connectivity index (χ1v) is 7.41. The second-order valence-corrected chi connectivity index (χ2v) is 6.36. The number of rotatable bonds is 5. The van der Waals surface area contributed by atoms with Crippen LogP contribution in [0.15, 0.2) is 40.8 Å². The Bertz CT molecular complexity index is 680. The molecule has 1 unspecified atom stereocenters. The highest BCUT2D eigenvalue weighted by Crippen LogP contribution is 2.22. The molecule has 0 saturated heterocycles. The summed E-state index contributed by atoms with van der Waals surface area (Å²) >= 11 is 0. The van der Waals surface area contributed by atoms with Crippen molar-refractivity contribution in [2.75, 3.05) is 0 Å². The average molecular weight is 315 g/mol. The van der Waals surface area contributed by atoms with Crippen molar-refractivity contribution in [3.05, 3.63) is 47.7 Å². The Kier molecular flexibility index (Phi) is 5.01. The third-order valence-corrected chi connectivity index (χ3v) is 3.15. The number of carbonyl (C=O) groups is 2. The standard InChI is InChI=1S/C18H21NO4/c1-18(2,3)23-17(21)15(19)10-12-4-6-13(7-5-12)16-9-8-14(11-20)22-16/h4-9,11,15H,10,19H2,1-3H3. The van der Waals surface area contributed by atoms with Crippen molar-refractivity contribution in [3.63, 3.8) is 0 Å². The molecule has 0 amide bonds. The first-order valence-electron chi connectivity index (χ1n) is 7.41. The van der Waals surface area contributed by atoms with Gasteiger partial charge in [0, 0.05) is 5.56 Å². The Morgan fingerprint density at radius 2 is 1.87 bits per heavy atom. The van der Waals surface area contributed by atoms with Gasteiger partial charge in [0.15, 0.2) is 12.0 Å². The maximum atomic E-state index is 11.9. The molecule has 0 bridgehead atoms. The number of benzene rings is 1. The van der Waals surface area contributed by atoms with E-state index in [-0.39, 0.29) is 5.76 Å². The molecule has 2 rings (SSSR count). The Morgan fingerprint density at radius 3 is 2.39 bits per heavy atom. The van der Waals surface area contributed by atoms with Crippen LogP contribution in [0.2, 0.25) is 0 Å². The van der Waals surface area contributed by atoms with Crippen molar-refractivity contribution >= 4 is 12.3 Å². The van der Waals surface area contributed by atoms with Gasteiger partial charge in [0.1, 0.15) is 17.4 Å². The average Bonchev–Trinajstić information content (AvgIpc) is 2.95. The van der Waals surface area contributed by atoms with Crippen molar-refractivity contribution in [1.82, 2.24) is 0 Å². The van der Waals surface area contributed by atoms with Crippen molar-refractivity contribution in [3.8, 4) is 11.3 Å². The van der Waals surface area contributed by atoms with Gasteiger partial charge in [-0.1, -0.05) is 24.3 Å². The number of hydrogen-bond acceptors (Lipinski definition) is 5. The lowest BCUT2D eigenvalue weighted by Crippen LogP contribution is -2.38. The van der Waals surface area contributed by atoms with E-state index in [1.54, 1.807) is 12.1 Å². The lowest BCUT2D eigenvalue weighted by molar-refractivity contribution is -0.156. The minimum absolute atomic E-state index is 0.288. The zero-order valence-corrected chi connectivity index (χ0v) is 13.5. The highest BCUT2D eigenvalue weighted by atomic mass is 16.6. The molecule has 1 atom stereocenters. The highest BCUT2D eigenvalue weighted by Gasteiger charge is 2.22. The van der Waals surface area contributed by atoms with Crippen LogP contribution in [0.4, 0.5) is 0 Å². The number of ether oxygens (including phenoxy) is 1.